The Morgan fingerprint density at radius 2 is 1.27 bits per heavy atom. The first-order valence-corrected chi connectivity index (χ1v) is 10.2. The average Bonchev–Trinajstić information content (AvgIpc) is 2.71. The minimum Gasteiger partial charge on any atom is -0.103 e. The summed E-state index contributed by atoms with van der Waals surface area (Å²) in [4.78, 5) is 0. The van der Waals surface area contributed by atoms with E-state index in [0.717, 1.165) is 6.42 Å². The van der Waals surface area contributed by atoms with Crippen LogP contribution in [0.15, 0.2) is 86.0 Å². The Hall–Kier alpha value is -2.08. The first-order chi connectivity index (χ1) is 12.8. The van der Waals surface area contributed by atoms with Gasteiger partial charge in [0.1, 0.15) is 0 Å². The van der Waals surface area contributed by atoms with E-state index in [1.807, 2.05) is 0 Å². The van der Waals surface area contributed by atoms with Crippen LogP contribution < -0.4 is 0 Å². The van der Waals surface area contributed by atoms with Crippen LogP contribution in [0.25, 0.3) is 0 Å². The Bertz CT molecular complexity index is 599. The van der Waals surface area contributed by atoms with E-state index in [-0.39, 0.29) is 5.41 Å². The van der Waals surface area contributed by atoms with Crippen LogP contribution in [0.4, 0.5) is 0 Å². The molecule has 0 fully saturated rings. The molecular formula is C26H34. The largest absolute Gasteiger partial charge is 0.103 e. The number of unbranched alkanes of at least 4 members (excludes halogenated alkanes) is 5. The zero-order valence-electron chi connectivity index (χ0n) is 16.4. The molecule has 1 unspecified atom stereocenters. The zero-order valence-corrected chi connectivity index (χ0v) is 16.4. The Morgan fingerprint density at radius 3 is 1.73 bits per heavy atom. The standard InChI is InChI=1S/C26H34/c1-4-7-8-9-10-13-18-23(5-2)26(6-3,24-19-14-11-15-20-24)25-21-16-12-17-22-25/h5-6,11-12,14-17,19-23H,2-4,7-10,13,18H2,1H3. The summed E-state index contributed by atoms with van der Waals surface area (Å²) in [7, 11) is 0. The SMILES string of the molecule is C=CC(CCCCCCCC)C(C=C)(c1ccccc1)c1ccccc1. The maximum atomic E-state index is 4.28. The predicted molar refractivity (Wildman–Crippen MR) is 116 cm³/mol. The molecule has 138 valence electrons. The van der Waals surface area contributed by atoms with Gasteiger partial charge in [0.15, 0.2) is 0 Å². The van der Waals surface area contributed by atoms with Gasteiger partial charge in [-0.2, -0.15) is 0 Å². The number of hydrogen-bond donors (Lipinski definition) is 0. The maximum Gasteiger partial charge on any atom is 0.0441 e. The summed E-state index contributed by atoms with van der Waals surface area (Å²) >= 11 is 0. The molecule has 2 aromatic rings. The van der Waals surface area contributed by atoms with Crippen molar-refractivity contribution in [2.75, 3.05) is 0 Å². The Kier molecular flexibility index (Phi) is 8.41. The summed E-state index contributed by atoms with van der Waals surface area (Å²) in [5.74, 6) is 0.343. The highest BCUT2D eigenvalue weighted by Gasteiger charge is 2.37. The second-order valence-corrected chi connectivity index (χ2v) is 7.20. The predicted octanol–water partition coefficient (Wildman–Crippen LogP) is 7.71. The number of hydrogen-bond acceptors (Lipinski definition) is 0. The van der Waals surface area contributed by atoms with E-state index in [1.165, 1.54) is 49.7 Å². The van der Waals surface area contributed by atoms with Gasteiger partial charge in [0.2, 0.25) is 0 Å². The fourth-order valence-electron chi connectivity index (χ4n) is 4.09. The highest BCUT2D eigenvalue weighted by atomic mass is 14.4. The minimum atomic E-state index is -0.215. The maximum absolute atomic E-state index is 4.28. The van der Waals surface area contributed by atoms with Gasteiger partial charge in [-0.1, -0.05) is 118 Å². The Morgan fingerprint density at radius 1 is 0.769 bits per heavy atom. The molecule has 0 N–H and O–H groups in total. The molecule has 0 radical (unpaired) electrons. The first-order valence-electron chi connectivity index (χ1n) is 10.2. The van der Waals surface area contributed by atoms with Crippen LogP contribution >= 0.6 is 0 Å². The zero-order chi connectivity index (χ0) is 18.7. The molecule has 26 heavy (non-hydrogen) atoms. The van der Waals surface area contributed by atoms with E-state index in [1.54, 1.807) is 0 Å². The van der Waals surface area contributed by atoms with Crippen molar-refractivity contribution in [3.8, 4) is 0 Å². The van der Waals surface area contributed by atoms with E-state index in [2.05, 4.69) is 92.9 Å². The third kappa shape index (κ3) is 4.75. The Labute approximate surface area is 160 Å². The fourth-order valence-corrected chi connectivity index (χ4v) is 4.09. The lowest BCUT2D eigenvalue weighted by atomic mass is 9.64. The van der Waals surface area contributed by atoms with Crippen LogP contribution in [0.5, 0.6) is 0 Å². The normalized spacial score (nSPS) is 12.5. The van der Waals surface area contributed by atoms with E-state index in [9.17, 15) is 0 Å². The van der Waals surface area contributed by atoms with Crippen molar-refractivity contribution in [3.63, 3.8) is 0 Å². The van der Waals surface area contributed by atoms with Crippen molar-refractivity contribution in [2.45, 2.75) is 57.3 Å². The molecule has 0 amide bonds. The number of benzene rings is 2. The van der Waals surface area contributed by atoms with Gasteiger partial charge in [0, 0.05) is 5.41 Å². The third-order valence-corrected chi connectivity index (χ3v) is 5.56. The fraction of sp³-hybridized carbons (Fsp3) is 0.385. The van der Waals surface area contributed by atoms with Crippen molar-refractivity contribution in [2.24, 2.45) is 5.92 Å². The van der Waals surface area contributed by atoms with Crippen LogP contribution in [0.2, 0.25) is 0 Å². The van der Waals surface area contributed by atoms with E-state index in [0.29, 0.717) is 5.92 Å². The summed E-state index contributed by atoms with van der Waals surface area (Å²) in [6.45, 7) is 10.8. The molecule has 0 aliphatic carbocycles. The van der Waals surface area contributed by atoms with Crippen LogP contribution in [-0.2, 0) is 5.41 Å². The molecule has 0 heterocycles. The van der Waals surface area contributed by atoms with Gasteiger partial charge in [-0.3, -0.25) is 0 Å². The minimum absolute atomic E-state index is 0.215. The van der Waals surface area contributed by atoms with Gasteiger partial charge in [0.25, 0.3) is 0 Å². The molecule has 0 aliphatic heterocycles. The molecule has 1 atom stereocenters. The molecule has 0 spiro atoms. The topological polar surface area (TPSA) is 0 Å². The van der Waals surface area contributed by atoms with Crippen LogP contribution in [0.3, 0.4) is 0 Å². The second kappa shape index (κ2) is 10.8. The molecule has 2 aromatic carbocycles. The van der Waals surface area contributed by atoms with Crippen molar-refractivity contribution < 1.29 is 0 Å². The van der Waals surface area contributed by atoms with Gasteiger partial charge < -0.3 is 0 Å². The van der Waals surface area contributed by atoms with E-state index < -0.39 is 0 Å². The molecule has 0 saturated carbocycles. The van der Waals surface area contributed by atoms with E-state index in [4.69, 9.17) is 0 Å². The van der Waals surface area contributed by atoms with Crippen molar-refractivity contribution in [1.29, 1.82) is 0 Å². The lowest BCUT2D eigenvalue weighted by Gasteiger charge is -2.38. The lowest BCUT2D eigenvalue weighted by Crippen LogP contribution is -2.33. The molecule has 0 saturated heterocycles. The van der Waals surface area contributed by atoms with Crippen LogP contribution in [0.1, 0.15) is 63.0 Å². The molecule has 2 rings (SSSR count). The van der Waals surface area contributed by atoms with Gasteiger partial charge in [-0.25, -0.2) is 0 Å². The third-order valence-electron chi connectivity index (χ3n) is 5.56. The summed E-state index contributed by atoms with van der Waals surface area (Å²) in [5, 5.41) is 0. The quantitative estimate of drug-likeness (QED) is 0.273. The number of allylic oxidation sites excluding steroid dienone is 2. The first kappa shape index (κ1) is 20.2. The van der Waals surface area contributed by atoms with Crippen molar-refractivity contribution >= 4 is 0 Å². The van der Waals surface area contributed by atoms with Gasteiger partial charge in [-0.05, 0) is 23.5 Å². The van der Waals surface area contributed by atoms with Crippen molar-refractivity contribution in [1.82, 2.24) is 0 Å². The molecule has 0 aromatic heterocycles. The molecule has 0 heteroatoms. The molecular weight excluding hydrogens is 312 g/mol. The Balaban J connectivity index is 2.27. The van der Waals surface area contributed by atoms with Crippen LogP contribution in [0, 0.1) is 5.92 Å². The summed E-state index contributed by atoms with van der Waals surface area (Å²) in [5.41, 5.74) is 2.39. The van der Waals surface area contributed by atoms with Crippen molar-refractivity contribution in [3.05, 3.63) is 97.1 Å². The molecule has 0 bridgehead atoms. The molecule has 0 aliphatic rings. The molecule has 0 nitrogen and oxygen atoms in total. The average molecular weight is 347 g/mol. The lowest BCUT2D eigenvalue weighted by molar-refractivity contribution is 0.412. The summed E-state index contributed by atoms with van der Waals surface area (Å²) in [6.07, 6.45) is 13.3. The summed E-state index contributed by atoms with van der Waals surface area (Å²) < 4.78 is 0. The van der Waals surface area contributed by atoms with Gasteiger partial charge in [-0.15, -0.1) is 13.2 Å². The monoisotopic (exact) mass is 346 g/mol. The van der Waals surface area contributed by atoms with E-state index >= 15 is 0 Å². The van der Waals surface area contributed by atoms with Gasteiger partial charge >= 0.3 is 0 Å². The summed E-state index contributed by atoms with van der Waals surface area (Å²) in [6, 6.07) is 21.6. The number of rotatable bonds is 12. The smallest absolute Gasteiger partial charge is 0.0441 e. The second-order valence-electron chi connectivity index (χ2n) is 7.20. The van der Waals surface area contributed by atoms with Crippen LogP contribution in [-0.4, -0.2) is 0 Å². The van der Waals surface area contributed by atoms with Gasteiger partial charge in [0.05, 0.1) is 0 Å². The highest BCUT2D eigenvalue weighted by Crippen LogP contribution is 2.43. The highest BCUT2D eigenvalue weighted by molar-refractivity contribution is 5.46.